The molecule has 4 heteroatoms. The Hall–Kier alpha value is -0.720. The largest absolute Gasteiger partial charge is 0.384 e. The van der Waals surface area contributed by atoms with Crippen LogP contribution in [0.15, 0.2) is 16.6 Å². The molecule has 2 nitrogen and oxygen atoms in total. The number of rotatable bonds is 6. The van der Waals surface area contributed by atoms with Crippen LogP contribution in [-0.4, -0.2) is 6.54 Å². The zero-order valence-corrected chi connectivity index (χ0v) is 14.0. The molecular formula is C15H20BrClN2. The number of benzene rings is 1. The predicted octanol–water partition coefficient (Wildman–Crippen LogP) is 5.54. The van der Waals surface area contributed by atoms with Gasteiger partial charge in [-0.2, -0.15) is 5.26 Å². The molecule has 1 aromatic rings. The molecule has 0 bridgehead atoms. The van der Waals surface area contributed by atoms with Crippen LogP contribution in [0.5, 0.6) is 0 Å². The number of aryl methyl sites for hydroxylation is 1. The van der Waals surface area contributed by atoms with Crippen molar-refractivity contribution in [2.45, 2.75) is 40.0 Å². The second-order valence-corrected chi connectivity index (χ2v) is 6.72. The zero-order chi connectivity index (χ0) is 14.5. The molecule has 0 saturated heterocycles. The fourth-order valence-electron chi connectivity index (χ4n) is 1.75. The molecule has 1 N–H and O–H groups in total. The van der Waals surface area contributed by atoms with E-state index in [9.17, 15) is 0 Å². The molecule has 0 aliphatic carbocycles. The van der Waals surface area contributed by atoms with Crippen molar-refractivity contribution in [3.05, 3.63) is 27.2 Å². The van der Waals surface area contributed by atoms with Crippen LogP contribution in [0, 0.1) is 23.7 Å². The summed E-state index contributed by atoms with van der Waals surface area (Å²) in [5.74, 6) is 0. The van der Waals surface area contributed by atoms with Crippen LogP contribution in [0.3, 0.4) is 0 Å². The average Bonchev–Trinajstić information content (AvgIpc) is 2.35. The average molecular weight is 344 g/mol. The monoisotopic (exact) mass is 342 g/mol. The number of unbranched alkanes of at least 4 members (excludes halogenated alkanes) is 1. The summed E-state index contributed by atoms with van der Waals surface area (Å²) in [5, 5.41) is 13.1. The first-order valence-corrected chi connectivity index (χ1v) is 7.63. The SMILES string of the molecule is Cc1cc(Br)c(NCCCCC(C)(C)C#N)cc1Cl. The minimum Gasteiger partial charge on any atom is -0.384 e. The number of nitrogens with zero attached hydrogens (tertiary/aromatic N) is 1. The van der Waals surface area contributed by atoms with E-state index in [2.05, 4.69) is 27.3 Å². The van der Waals surface area contributed by atoms with Crippen LogP contribution in [0.1, 0.15) is 38.7 Å². The quantitative estimate of drug-likeness (QED) is 0.688. The first-order valence-electron chi connectivity index (χ1n) is 6.46. The molecule has 19 heavy (non-hydrogen) atoms. The van der Waals surface area contributed by atoms with Crippen LogP contribution in [0.4, 0.5) is 5.69 Å². The van der Waals surface area contributed by atoms with Gasteiger partial charge in [-0.05, 0) is 67.2 Å². The molecule has 104 valence electrons. The van der Waals surface area contributed by atoms with Crippen molar-refractivity contribution in [1.29, 1.82) is 5.26 Å². The summed E-state index contributed by atoms with van der Waals surface area (Å²) < 4.78 is 1.03. The number of hydrogen-bond donors (Lipinski definition) is 1. The van der Waals surface area contributed by atoms with E-state index < -0.39 is 0 Å². The Morgan fingerprint density at radius 2 is 2.05 bits per heavy atom. The Bertz CT molecular complexity index is 478. The van der Waals surface area contributed by atoms with E-state index in [0.717, 1.165) is 46.6 Å². The van der Waals surface area contributed by atoms with Crippen molar-refractivity contribution in [3.8, 4) is 6.07 Å². The second kappa shape index (κ2) is 7.17. The van der Waals surface area contributed by atoms with E-state index in [1.807, 2.05) is 32.9 Å². The van der Waals surface area contributed by atoms with Crippen molar-refractivity contribution in [1.82, 2.24) is 0 Å². The maximum atomic E-state index is 8.93. The molecule has 0 heterocycles. The van der Waals surface area contributed by atoms with Gasteiger partial charge in [0, 0.05) is 21.7 Å². The van der Waals surface area contributed by atoms with Crippen LogP contribution in [-0.2, 0) is 0 Å². The van der Waals surface area contributed by atoms with E-state index in [1.165, 1.54) is 0 Å². The van der Waals surface area contributed by atoms with Gasteiger partial charge in [0.1, 0.15) is 0 Å². The molecule has 0 fully saturated rings. The normalized spacial score (nSPS) is 11.2. The molecule has 0 aromatic heterocycles. The Kier molecular flexibility index (Phi) is 6.16. The molecule has 0 saturated carbocycles. The summed E-state index contributed by atoms with van der Waals surface area (Å²) in [6.45, 7) is 6.84. The van der Waals surface area contributed by atoms with E-state index in [1.54, 1.807) is 0 Å². The summed E-state index contributed by atoms with van der Waals surface area (Å²) in [6.07, 6.45) is 3.02. The smallest absolute Gasteiger partial charge is 0.0683 e. The van der Waals surface area contributed by atoms with E-state index in [0.29, 0.717) is 0 Å². The molecule has 0 atom stereocenters. The number of halogens is 2. The zero-order valence-electron chi connectivity index (χ0n) is 11.7. The first-order chi connectivity index (χ1) is 8.85. The Labute approximate surface area is 129 Å². The van der Waals surface area contributed by atoms with Crippen molar-refractivity contribution in [3.63, 3.8) is 0 Å². The number of nitriles is 1. The van der Waals surface area contributed by atoms with Gasteiger partial charge in [0.25, 0.3) is 0 Å². The fourth-order valence-corrected chi connectivity index (χ4v) is 2.51. The van der Waals surface area contributed by atoms with Crippen LogP contribution < -0.4 is 5.32 Å². The van der Waals surface area contributed by atoms with Gasteiger partial charge >= 0.3 is 0 Å². The van der Waals surface area contributed by atoms with Gasteiger partial charge in [-0.3, -0.25) is 0 Å². The summed E-state index contributed by atoms with van der Waals surface area (Å²) in [5.41, 5.74) is 1.87. The van der Waals surface area contributed by atoms with Crippen molar-refractivity contribution in [2.24, 2.45) is 5.41 Å². The number of nitrogens with one attached hydrogen (secondary N) is 1. The lowest BCUT2D eigenvalue weighted by Gasteiger charge is -2.15. The van der Waals surface area contributed by atoms with Crippen molar-refractivity contribution >= 4 is 33.2 Å². The highest BCUT2D eigenvalue weighted by atomic mass is 79.9. The van der Waals surface area contributed by atoms with Gasteiger partial charge in [0.15, 0.2) is 0 Å². The highest BCUT2D eigenvalue weighted by Gasteiger charge is 2.15. The van der Waals surface area contributed by atoms with E-state index in [4.69, 9.17) is 16.9 Å². The summed E-state index contributed by atoms with van der Waals surface area (Å²) in [6, 6.07) is 6.29. The molecule has 0 aliphatic rings. The molecule has 0 spiro atoms. The van der Waals surface area contributed by atoms with Gasteiger partial charge in [-0.15, -0.1) is 0 Å². The van der Waals surface area contributed by atoms with Crippen LogP contribution in [0.2, 0.25) is 5.02 Å². The molecule has 1 rings (SSSR count). The van der Waals surface area contributed by atoms with Crippen molar-refractivity contribution < 1.29 is 0 Å². The van der Waals surface area contributed by atoms with Crippen molar-refractivity contribution in [2.75, 3.05) is 11.9 Å². The van der Waals surface area contributed by atoms with Crippen LogP contribution in [0.25, 0.3) is 0 Å². The molecule has 0 radical (unpaired) electrons. The van der Waals surface area contributed by atoms with Crippen LogP contribution >= 0.6 is 27.5 Å². The molecule has 0 unspecified atom stereocenters. The standard InChI is InChI=1S/C15H20BrClN2/c1-11-8-12(16)14(9-13(11)17)19-7-5-4-6-15(2,3)10-18/h8-9,19H,4-7H2,1-3H3. The molecule has 1 aromatic carbocycles. The highest BCUT2D eigenvalue weighted by molar-refractivity contribution is 9.10. The maximum absolute atomic E-state index is 8.93. The van der Waals surface area contributed by atoms with E-state index >= 15 is 0 Å². The minimum absolute atomic E-state index is 0.215. The third-order valence-corrected chi connectivity index (χ3v) is 4.16. The van der Waals surface area contributed by atoms with Gasteiger partial charge in [0.2, 0.25) is 0 Å². The molecule has 0 aliphatic heterocycles. The topological polar surface area (TPSA) is 35.8 Å². The second-order valence-electron chi connectivity index (χ2n) is 5.46. The third kappa shape index (κ3) is 5.42. The highest BCUT2D eigenvalue weighted by Crippen LogP contribution is 2.29. The maximum Gasteiger partial charge on any atom is 0.0683 e. The van der Waals surface area contributed by atoms with Gasteiger partial charge in [0.05, 0.1) is 11.5 Å². The number of hydrogen-bond acceptors (Lipinski definition) is 2. The lowest BCUT2D eigenvalue weighted by molar-refractivity contribution is 0.430. The first kappa shape index (κ1) is 16.3. The Balaban J connectivity index is 2.39. The Morgan fingerprint density at radius 3 is 2.68 bits per heavy atom. The lowest BCUT2D eigenvalue weighted by Crippen LogP contribution is -2.09. The fraction of sp³-hybridized carbons (Fsp3) is 0.533. The summed E-state index contributed by atoms with van der Waals surface area (Å²) >= 11 is 9.64. The summed E-state index contributed by atoms with van der Waals surface area (Å²) in [4.78, 5) is 0. The predicted molar refractivity (Wildman–Crippen MR) is 85.6 cm³/mol. The Morgan fingerprint density at radius 1 is 1.37 bits per heavy atom. The van der Waals surface area contributed by atoms with Gasteiger partial charge in [-0.1, -0.05) is 18.0 Å². The summed E-state index contributed by atoms with van der Waals surface area (Å²) in [7, 11) is 0. The molecular weight excluding hydrogens is 324 g/mol. The van der Waals surface area contributed by atoms with Gasteiger partial charge in [-0.25, -0.2) is 0 Å². The van der Waals surface area contributed by atoms with E-state index in [-0.39, 0.29) is 5.41 Å². The lowest BCUT2D eigenvalue weighted by atomic mass is 9.89. The van der Waals surface area contributed by atoms with Gasteiger partial charge < -0.3 is 5.32 Å². The third-order valence-electron chi connectivity index (χ3n) is 3.09. The number of anilines is 1. The minimum atomic E-state index is -0.215. The molecule has 0 amide bonds.